The molecular formula is C27H18. The van der Waals surface area contributed by atoms with E-state index in [4.69, 9.17) is 0 Å². The standard InChI is InChI=1S/C27H18/c1-3-7-22-16(5-1)9-18-11-20-13-21-12-19-10-17-6-2-4-8-23(17)25(19)15-27(21)26(20)14-24(18)22/h1-8,11-12,14-15H,9-10,13H2. The van der Waals surface area contributed by atoms with Gasteiger partial charge in [-0.2, -0.15) is 0 Å². The molecule has 3 aliphatic rings. The first-order valence-electron chi connectivity index (χ1n) is 9.84. The van der Waals surface area contributed by atoms with E-state index in [1.165, 1.54) is 66.8 Å². The van der Waals surface area contributed by atoms with E-state index in [0.29, 0.717) is 0 Å². The van der Waals surface area contributed by atoms with E-state index >= 15 is 0 Å². The minimum atomic E-state index is 1.08. The van der Waals surface area contributed by atoms with E-state index in [0.717, 1.165) is 19.3 Å². The summed E-state index contributed by atoms with van der Waals surface area (Å²) >= 11 is 0. The molecule has 0 fully saturated rings. The van der Waals surface area contributed by atoms with Crippen LogP contribution in [0.3, 0.4) is 0 Å². The Kier molecular flexibility index (Phi) is 2.48. The third-order valence-electron chi connectivity index (χ3n) is 6.71. The molecule has 0 unspecified atom stereocenters. The van der Waals surface area contributed by atoms with Crippen molar-refractivity contribution in [2.75, 3.05) is 0 Å². The fourth-order valence-corrected chi connectivity index (χ4v) is 5.47. The number of hydrogen-bond acceptors (Lipinski definition) is 0. The fourth-order valence-electron chi connectivity index (χ4n) is 5.47. The Morgan fingerprint density at radius 1 is 0.333 bits per heavy atom. The lowest BCUT2D eigenvalue weighted by molar-refractivity contribution is 1.19. The second-order valence-electron chi connectivity index (χ2n) is 8.18. The van der Waals surface area contributed by atoms with Gasteiger partial charge in [-0.15, -0.1) is 0 Å². The molecule has 0 bridgehead atoms. The van der Waals surface area contributed by atoms with Crippen LogP contribution in [-0.2, 0) is 19.3 Å². The molecule has 0 spiro atoms. The highest BCUT2D eigenvalue weighted by molar-refractivity contribution is 5.90. The second kappa shape index (κ2) is 4.78. The van der Waals surface area contributed by atoms with E-state index in [-0.39, 0.29) is 0 Å². The predicted molar refractivity (Wildman–Crippen MR) is 111 cm³/mol. The van der Waals surface area contributed by atoms with Crippen molar-refractivity contribution in [3.8, 4) is 33.4 Å². The maximum absolute atomic E-state index is 2.48. The Morgan fingerprint density at radius 2 is 0.704 bits per heavy atom. The molecule has 27 heavy (non-hydrogen) atoms. The SMILES string of the molecule is c1ccc2c(c1)Cc1cc3c(cc1-2)-c1cc2c(cc1C3)Cc1ccccc1-2. The summed E-state index contributed by atoms with van der Waals surface area (Å²) in [5.74, 6) is 0. The largest absolute Gasteiger partial charge is 0.0619 e. The lowest BCUT2D eigenvalue weighted by Gasteiger charge is -2.08. The first kappa shape index (κ1) is 14.0. The molecule has 3 aliphatic carbocycles. The van der Waals surface area contributed by atoms with Crippen molar-refractivity contribution in [2.24, 2.45) is 0 Å². The van der Waals surface area contributed by atoms with Crippen LogP contribution in [0.1, 0.15) is 33.4 Å². The summed E-state index contributed by atoms with van der Waals surface area (Å²) in [4.78, 5) is 0. The van der Waals surface area contributed by atoms with E-state index in [2.05, 4.69) is 72.8 Å². The Hall–Kier alpha value is -3.12. The summed E-state index contributed by atoms with van der Waals surface area (Å²) in [6, 6.07) is 27.7. The average molecular weight is 342 g/mol. The number of benzene rings is 4. The average Bonchev–Trinajstić information content (AvgIpc) is 3.34. The van der Waals surface area contributed by atoms with Gasteiger partial charge in [-0.05, 0) is 98.2 Å². The maximum atomic E-state index is 2.48. The smallest absolute Gasteiger partial charge is 0.00132 e. The number of rotatable bonds is 0. The minimum Gasteiger partial charge on any atom is -0.0619 e. The van der Waals surface area contributed by atoms with Gasteiger partial charge in [-0.3, -0.25) is 0 Å². The van der Waals surface area contributed by atoms with Crippen LogP contribution in [0.15, 0.2) is 72.8 Å². The summed E-state index contributed by atoms with van der Waals surface area (Å²) in [5.41, 5.74) is 17.6. The van der Waals surface area contributed by atoms with E-state index in [1.54, 1.807) is 0 Å². The van der Waals surface area contributed by atoms with Crippen LogP contribution in [0.4, 0.5) is 0 Å². The molecule has 0 saturated heterocycles. The molecule has 0 heterocycles. The Labute approximate surface area is 159 Å². The maximum Gasteiger partial charge on any atom is -0.00132 e. The van der Waals surface area contributed by atoms with Crippen molar-refractivity contribution in [3.63, 3.8) is 0 Å². The van der Waals surface area contributed by atoms with Gasteiger partial charge in [-0.1, -0.05) is 60.7 Å². The van der Waals surface area contributed by atoms with E-state index in [1.807, 2.05) is 0 Å². The monoisotopic (exact) mass is 342 g/mol. The lowest BCUT2D eigenvalue weighted by Crippen LogP contribution is -1.86. The van der Waals surface area contributed by atoms with E-state index < -0.39 is 0 Å². The summed E-state index contributed by atoms with van der Waals surface area (Å²) in [6.45, 7) is 0. The van der Waals surface area contributed by atoms with Crippen LogP contribution in [0, 0.1) is 0 Å². The summed E-state index contributed by atoms with van der Waals surface area (Å²) in [6.07, 6.45) is 3.25. The van der Waals surface area contributed by atoms with Crippen molar-refractivity contribution in [2.45, 2.75) is 19.3 Å². The van der Waals surface area contributed by atoms with Gasteiger partial charge >= 0.3 is 0 Å². The van der Waals surface area contributed by atoms with Crippen LogP contribution in [0.25, 0.3) is 33.4 Å². The summed E-state index contributed by atoms with van der Waals surface area (Å²) < 4.78 is 0. The molecular weight excluding hydrogens is 324 g/mol. The van der Waals surface area contributed by atoms with Crippen molar-refractivity contribution in [1.29, 1.82) is 0 Å². The zero-order chi connectivity index (χ0) is 17.5. The first-order valence-corrected chi connectivity index (χ1v) is 9.84. The minimum absolute atomic E-state index is 1.08. The van der Waals surface area contributed by atoms with Crippen molar-refractivity contribution in [3.05, 3.63) is 106 Å². The van der Waals surface area contributed by atoms with Crippen LogP contribution in [0.2, 0.25) is 0 Å². The van der Waals surface area contributed by atoms with Crippen LogP contribution < -0.4 is 0 Å². The molecule has 4 aromatic rings. The van der Waals surface area contributed by atoms with Crippen LogP contribution in [-0.4, -0.2) is 0 Å². The van der Waals surface area contributed by atoms with Crippen molar-refractivity contribution < 1.29 is 0 Å². The third kappa shape index (κ3) is 1.78. The Morgan fingerprint density at radius 3 is 1.19 bits per heavy atom. The molecule has 0 radical (unpaired) electrons. The molecule has 0 amide bonds. The van der Waals surface area contributed by atoms with Gasteiger partial charge in [0, 0.05) is 0 Å². The lowest BCUT2D eigenvalue weighted by atomic mass is 9.95. The first-order chi connectivity index (χ1) is 13.3. The summed E-state index contributed by atoms with van der Waals surface area (Å²) in [5, 5.41) is 0. The molecule has 126 valence electrons. The molecule has 0 atom stereocenters. The molecule has 0 heteroatoms. The Bertz CT molecular complexity index is 1190. The van der Waals surface area contributed by atoms with Gasteiger partial charge in [0.2, 0.25) is 0 Å². The second-order valence-corrected chi connectivity index (χ2v) is 8.18. The summed E-state index contributed by atoms with van der Waals surface area (Å²) in [7, 11) is 0. The van der Waals surface area contributed by atoms with Gasteiger partial charge < -0.3 is 0 Å². The van der Waals surface area contributed by atoms with Crippen LogP contribution in [0.5, 0.6) is 0 Å². The van der Waals surface area contributed by atoms with Gasteiger partial charge in [0.25, 0.3) is 0 Å². The van der Waals surface area contributed by atoms with Gasteiger partial charge in [0.1, 0.15) is 0 Å². The number of hydrogen-bond donors (Lipinski definition) is 0. The van der Waals surface area contributed by atoms with Gasteiger partial charge in [0.15, 0.2) is 0 Å². The third-order valence-corrected chi connectivity index (χ3v) is 6.71. The predicted octanol–water partition coefficient (Wildman–Crippen LogP) is 6.40. The zero-order valence-corrected chi connectivity index (χ0v) is 15.0. The fraction of sp³-hybridized carbons (Fsp3) is 0.111. The quantitative estimate of drug-likeness (QED) is 0.299. The topological polar surface area (TPSA) is 0 Å². The Balaban J connectivity index is 1.45. The van der Waals surface area contributed by atoms with Gasteiger partial charge in [0.05, 0.1) is 0 Å². The normalized spacial score (nSPS) is 14.2. The molecule has 0 aliphatic heterocycles. The van der Waals surface area contributed by atoms with Crippen molar-refractivity contribution in [1.82, 2.24) is 0 Å². The highest BCUT2D eigenvalue weighted by Gasteiger charge is 2.28. The van der Waals surface area contributed by atoms with Crippen LogP contribution >= 0.6 is 0 Å². The van der Waals surface area contributed by atoms with E-state index in [9.17, 15) is 0 Å². The van der Waals surface area contributed by atoms with Gasteiger partial charge in [-0.25, -0.2) is 0 Å². The number of fused-ring (bicyclic) bond motifs is 9. The zero-order valence-electron chi connectivity index (χ0n) is 15.0. The molecule has 4 aromatic carbocycles. The van der Waals surface area contributed by atoms with Crippen molar-refractivity contribution >= 4 is 0 Å². The molecule has 0 N–H and O–H groups in total. The highest BCUT2D eigenvalue weighted by Crippen LogP contribution is 2.48. The molecule has 0 aromatic heterocycles. The highest BCUT2D eigenvalue weighted by atomic mass is 14.3. The molecule has 0 saturated carbocycles. The molecule has 7 rings (SSSR count). The molecule has 0 nitrogen and oxygen atoms in total.